The first kappa shape index (κ1) is 19.3. The molecule has 1 aromatic rings. The number of aryl methyl sites for hydroxylation is 2. The zero-order valence-electron chi connectivity index (χ0n) is 15.1. The van der Waals surface area contributed by atoms with Crippen molar-refractivity contribution in [2.75, 3.05) is 19.6 Å². The van der Waals surface area contributed by atoms with Gasteiger partial charge in [0.2, 0.25) is 5.91 Å². The predicted octanol–water partition coefficient (Wildman–Crippen LogP) is 3.30. The van der Waals surface area contributed by atoms with Crippen molar-refractivity contribution >= 4 is 11.8 Å². The summed E-state index contributed by atoms with van der Waals surface area (Å²) in [5.41, 5.74) is 0.598. The number of carbonyl (C=O) groups excluding carboxylic acids is 2. The maximum absolute atomic E-state index is 12.7. The normalized spacial score (nSPS) is 10.9. The van der Waals surface area contributed by atoms with Crippen molar-refractivity contribution in [2.45, 2.75) is 53.9 Å². The van der Waals surface area contributed by atoms with Gasteiger partial charge >= 0.3 is 0 Å². The number of nitrogens with one attached hydrogen (secondary N) is 1. The van der Waals surface area contributed by atoms with Crippen LogP contribution in [0.3, 0.4) is 0 Å². The highest BCUT2D eigenvalue weighted by Gasteiger charge is 2.20. The van der Waals surface area contributed by atoms with Gasteiger partial charge in [-0.1, -0.05) is 27.2 Å². The summed E-state index contributed by atoms with van der Waals surface area (Å²) in [5.74, 6) is 1.74. The summed E-state index contributed by atoms with van der Waals surface area (Å²) >= 11 is 0. The van der Waals surface area contributed by atoms with Crippen LogP contribution in [-0.2, 0) is 4.79 Å². The van der Waals surface area contributed by atoms with Gasteiger partial charge in [0.1, 0.15) is 11.5 Å². The molecule has 0 aliphatic heterocycles. The summed E-state index contributed by atoms with van der Waals surface area (Å²) in [6, 6.07) is 1.77. The van der Waals surface area contributed by atoms with Gasteiger partial charge in [-0.25, -0.2) is 0 Å². The Hall–Kier alpha value is -1.78. The highest BCUT2D eigenvalue weighted by atomic mass is 16.3. The molecule has 130 valence electrons. The fourth-order valence-electron chi connectivity index (χ4n) is 2.32. The SMILES string of the molecule is CCCCN(CCC(=O)NCC(C)C)C(=O)c1cc(C)oc1C. The van der Waals surface area contributed by atoms with Crippen LogP contribution < -0.4 is 5.32 Å². The van der Waals surface area contributed by atoms with Crippen LogP contribution in [0.15, 0.2) is 10.5 Å². The van der Waals surface area contributed by atoms with Crippen molar-refractivity contribution < 1.29 is 14.0 Å². The summed E-state index contributed by atoms with van der Waals surface area (Å²) in [6.45, 7) is 11.6. The van der Waals surface area contributed by atoms with E-state index in [1.54, 1.807) is 17.9 Å². The highest BCUT2D eigenvalue weighted by molar-refractivity contribution is 5.95. The minimum Gasteiger partial charge on any atom is -0.466 e. The van der Waals surface area contributed by atoms with Gasteiger partial charge in [-0.05, 0) is 32.3 Å². The fraction of sp³-hybridized carbons (Fsp3) is 0.667. The maximum Gasteiger partial charge on any atom is 0.257 e. The van der Waals surface area contributed by atoms with Crippen LogP contribution in [0.5, 0.6) is 0 Å². The number of amides is 2. The van der Waals surface area contributed by atoms with E-state index in [4.69, 9.17) is 4.42 Å². The molecule has 0 spiro atoms. The van der Waals surface area contributed by atoms with Crippen LogP contribution in [0.25, 0.3) is 0 Å². The minimum absolute atomic E-state index is 0.00639. The van der Waals surface area contributed by atoms with E-state index in [1.165, 1.54) is 0 Å². The predicted molar refractivity (Wildman–Crippen MR) is 91.5 cm³/mol. The van der Waals surface area contributed by atoms with Crippen molar-refractivity contribution in [1.29, 1.82) is 0 Å². The first-order valence-electron chi connectivity index (χ1n) is 8.48. The van der Waals surface area contributed by atoms with Gasteiger partial charge in [-0.2, -0.15) is 0 Å². The van der Waals surface area contributed by atoms with Gasteiger partial charge in [0.05, 0.1) is 5.56 Å². The molecule has 0 unspecified atom stereocenters. The molecule has 1 rings (SSSR count). The average molecular weight is 322 g/mol. The first-order valence-corrected chi connectivity index (χ1v) is 8.48. The minimum atomic E-state index is -0.0514. The van der Waals surface area contributed by atoms with E-state index >= 15 is 0 Å². The largest absolute Gasteiger partial charge is 0.466 e. The Morgan fingerprint density at radius 3 is 2.48 bits per heavy atom. The summed E-state index contributed by atoms with van der Waals surface area (Å²) in [4.78, 5) is 26.3. The van der Waals surface area contributed by atoms with Crippen molar-refractivity contribution in [3.63, 3.8) is 0 Å². The fourth-order valence-corrected chi connectivity index (χ4v) is 2.32. The van der Waals surface area contributed by atoms with Crippen LogP contribution in [0.4, 0.5) is 0 Å². The second-order valence-electron chi connectivity index (χ2n) is 6.42. The Labute approximate surface area is 139 Å². The monoisotopic (exact) mass is 322 g/mol. The molecule has 5 heteroatoms. The second-order valence-corrected chi connectivity index (χ2v) is 6.42. The van der Waals surface area contributed by atoms with Crippen molar-refractivity contribution in [3.8, 4) is 0 Å². The van der Waals surface area contributed by atoms with Crippen molar-refractivity contribution in [1.82, 2.24) is 10.2 Å². The Morgan fingerprint density at radius 2 is 1.96 bits per heavy atom. The van der Waals surface area contributed by atoms with E-state index in [1.807, 2.05) is 6.92 Å². The van der Waals surface area contributed by atoms with Gasteiger partial charge in [-0.15, -0.1) is 0 Å². The number of nitrogens with zero attached hydrogens (tertiary/aromatic N) is 1. The molecule has 1 N–H and O–H groups in total. The Kier molecular flexibility index (Phi) is 7.86. The molecule has 5 nitrogen and oxygen atoms in total. The second kappa shape index (κ2) is 9.38. The molecule has 23 heavy (non-hydrogen) atoms. The molecule has 0 saturated carbocycles. The lowest BCUT2D eigenvalue weighted by molar-refractivity contribution is -0.121. The molecular formula is C18H30N2O3. The van der Waals surface area contributed by atoms with E-state index in [0.29, 0.717) is 43.3 Å². The smallest absolute Gasteiger partial charge is 0.257 e. The topological polar surface area (TPSA) is 62.6 Å². The molecule has 0 fully saturated rings. The standard InChI is InChI=1S/C18H30N2O3/c1-6-7-9-20(10-8-17(21)19-12-13(2)3)18(22)16-11-14(4)23-15(16)5/h11,13H,6-10,12H2,1-5H3,(H,19,21). The zero-order valence-corrected chi connectivity index (χ0v) is 15.1. The molecule has 1 heterocycles. The molecule has 0 aromatic carbocycles. The number of hydrogen-bond acceptors (Lipinski definition) is 3. The summed E-state index contributed by atoms with van der Waals surface area (Å²) in [6.07, 6.45) is 2.26. The molecule has 0 aliphatic carbocycles. The third kappa shape index (κ3) is 6.47. The number of hydrogen-bond donors (Lipinski definition) is 1. The Bertz CT molecular complexity index is 520. The molecule has 2 amide bonds. The van der Waals surface area contributed by atoms with Crippen LogP contribution in [-0.4, -0.2) is 36.3 Å². The van der Waals surface area contributed by atoms with E-state index in [9.17, 15) is 9.59 Å². The average Bonchev–Trinajstić information content (AvgIpc) is 2.83. The third-order valence-corrected chi connectivity index (χ3v) is 3.66. The summed E-state index contributed by atoms with van der Waals surface area (Å²) < 4.78 is 5.45. The van der Waals surface area contributed by atoms with Crippen LogP contribution in [0, 0.1) is 19.8 Å². The number of carbonyl (C=O) groups is 2. The molecule has 0 bridgehead atoms. The van der Waals surface area contributed by atoms with E-state index in [2.05, 4.69) is 26.1 Å². The molecule has 1 aromatic heterocycles. The van der Waals surface area contributed by atoms with Gasteiger partial charge < -0.3 is 14.6 Å². The number of rotatable bonds is 9. The lowest BCUT2D eigenvalue weighted by Gasteiger charge is -2.22. The summed E-state index contributed by atoms with van der Waals surface area (Å²) in [7, 11) is 0. The van der Waals surface area contributed by atoms with Gasteiger partial charge in [0.15, 0.2) is 0 Å². The quantitative estimate of drug-likeness (QED) is 0.759. The van der Waals surface area contributed by atoms with Crippen LogP contribution >= 0.6 is 0 Å². The highest BCUT2D eigenvalue weighted by Crippen LogP contribution is 2.16. The Balaban J connectivity index is 2.66. The van der Waals surface area contributed by atoms with Crippen molar-refractivity contribution in [3.05, 3.63) is 23.2 Å². The zero-order chi connectivity index (χ0) is 17.4. The molecular weight excluding hydrogens is 292 g/mol. The Morgan fingerprint density at radius 1 is 1.26 bits per heavy atom. The molecule has 0 atom stereocenters. The first-order chi connectivity index (χ1) is 10.8. The number of unbranched alkanes of at least 4 members (excludes halogenated alkanes) is 1. The lowest BCUT2D eigenvalue weighted by atomic mass is 10.2. The maximum atomic E-state index is 12.7. The van der Waals surface area contributed by atoms with Gasteiger partial charge in [0.25, 0.3) is 5.91 Å². The molecule has 0 saturated heterocycles. The van der Waals surface area contributed by atoms with E-state index < -0.39 is 0 Å². The third-order valence-electron chi connectivity index (χ3n) is 3.66. The van der Waals surface area contributed by atoms with E-state index in [0.717, 1.165) is 18.6 Å². The van der Waals surface area contributed by atoms with Crippen molar-refractivity contribution in [2.24, 2.45) is 5.92 Å². The van der Waals surface area contributed by atoms with Crippen LogP contribution in [0.2, 0.25) is 0 Å². The van der Waals surface area contributed by atoms with Gasteiger partial charge in [-0.3, -0.25) is 9.59 Å². The van der Waals surface area contributed by atoms with E-state index in [-0.39, 0.29) is 11.8 Å². The number of furan rings is 1. The molecule has 0 aliphatic rings. The summed E-state index contributed by atoms with van der Waals surface area (Å²) in [5, 5.41) is 2.89. The lowest BCUT2D eigenvalue weighted by Crippen LogP contribution is -2.36. The van der Waals surface area contributed by atoms with Gasteiger partial charge in [0, 0.05) is 26.1 Å². The molecule has 0 radical (unpaired) electrons. The van der Waals surface area contributed by atoms with Crippen LogP contribution in [0.1, 0.15) is 61.9 Å².